The Balaban J connectivity index is 2.12. The number of nitriles is 1. The number of hydrogen-bond donors (Lipinski definition) is 3. The van der Waals surface area contributed by atoms with E-state index in [1.54, 1.807) is 30.3 Å². The first kappa shape index (κ1) is 16.7. The van der Waals surface area contributed by atoms with Crippen LogP contribution in [0.3, 0.4) is 0 Å². The predicted octanol–water partition coefficient (Wildman–Crippen LogP) is 4.16. The standard InChI is InChI=1S/C16H11Cl2N3O2/c17-11-4-5-15(14(18)6-11)20-9-10(8-19)16(23)21-12-2-1-3-13(22)7-12/h1-7,9,20,22H,(H,21,23)/b10-9-. The van der Waals surface area contributed by atoms with Crippen LogP contribution in [0.1, 0.15) is 0 Å². The molecule has 3 N–H and O–H groups in total. The molecule has 2 aromatic rings. The van der Waals surface area contributed by atoms with E-state index in [4.69, 9.17) is 28.5 Å². The lowest BCUT2D eigenvalue weighted by molar-refractivity contribution is -0.112. The van der Waals surface area contributed by atoms with E-state index in [9.17, 15) is 9.90 Å². The van der Waals surface area contributed by atoms with Crippen molar-refractivity contribution in [3.8, 4) is 11.8 Å². The number of nitrogens with one attached hydrogen (secondary N) is 2. The van der Waals surface area contributed by atoms with Gasteiger partial charge in [0.15, 0.2) is 0 Å². The normalized spacial score (nSPS) is 10.7. The van der Waals surface area contributed by atoms with Crippen molar-refractivity contribution in [1.82, 2.24) is 0 Å². The number of anilines is 2. The van der Waals surface area contributed by atoms with Crippen molar-refractivity contribution in [3.05, 3.63) is 64.3 Å². The number of phenols is 1. The first-order valence-corrected chi connectivity index (χ1v) is 7.17. The molecule has 0 fully saturated rings. The lowest BCUT2D eigenvalue weighted by Crippen LogP contribution is -2.14. The molecule has 0 bridgehead atoms. The number of halogens is 2. The van der Waals surface area contributed by atoms with Gasteiger partial charge in [-0.1, -0.05) is 29.3 Å². The van der Waals surface area contributed by atoms with Gasteiger partial charge in [-0.3, -0.25) is 4.79 Å². The monoisotopic (exact) mass is 347 g/mol. The number of carbonyl (C=O) groups is 1. The summed E-state index contributed by atoms with van der Waals surface area (Å²) in [6, 6.07) is 12.6. The molecule has 0 atom stereocenters. The van der Waals surface area contributed by atoms with Crippen molar-refractivity contribution in [3.63, 3.8) is 0 Å². The van der Waals surface area contributed by atoms with Crippen LogP contribution in [0.15, 0.2) is 54.2 Å². The highest BCUT2D eigenvalue weighted by atomic mass is 35.5. The molecule has 0 aliphatic rings. The number of phenolic OH excluding ortho intramolecular Hbond substituents is 1. The van der Waals surface area contributed by atoms with E-state index < -0.39 is 5.91 Å². The number of amides is 1. The molecule has 0 aliphatic heterocycles. The molecule has 7 heteroatoms. The van der Waals surface area contributed by atoms with Gasteiger partial charge in [0.25, 0.3) is 5.91 Å². The fraction of sp³-hybridized carbons (Fsp3) is 0. The number of rotatable bonds is 4. The second-order valence-corrected chi connectivity index (χ2v) is 5.29. The molecule has 116 valence electrons. The minimum atomic E-state index is -0.615. The van der Waals surface area contributed by atoms with E-state index in [1.165, 1.54) is 24.4 Å². The third kappa shape index (κ3) is 4.65. The van der Waals surface area contributed by atoms with Gasteiger partial charge in [0, 0.05) is 23.0 Å². The maximum absolute atomic E-state index is 12.0. The van der Waals surface area contributed by atoms with E-state index in [0.29, 0.717) is 21.4 Å². The Hall–Kier alpha value is -2.68. The maximum Gasteiger partial charge on any atom is 0.267 e. The summed E-state index contributed by atoms with van der Waals surface area (Å²) in [7, 11) is 0. The smallest absolute Gasteiger partial charge is 0.267 e. The van der Waals surface area contributed by atoms with Crippen LogP contribution in [0.4, 0.5) is 11.4 Å². The SMILES string of the molecule is N#C/C(=C/Nc1ccc(Cl)cc1Cl)C(=O)Nc1cccc(O)c1. The number of aromatic hydroxyl groups is 1. The second-order valence-electron chi connectivity index (χ2n) is 4.44. The van der Waals surface area contributed by atoms with Crippen LogP contribution in [0.25, 0.3) is 0 Å². The van der Waals surface area contributed by atoms with Gasteiger partial charge in [-0.25, -0.2) is 0 Å². The summed E-state index contributed by atoms with van der Waals surface area (Å²) in [4.78, 5) is 12.0. The van der Waals surface area contributed by atoms with E-state index in [2.05, 4.69) is 10.6 Å². The minimum Gasteiger partial charge on any atom is -0.508 e. The lowest BCUT2D eigenvalue weighted by atomic mass is 10.2. The number of hydrogen-bond acceptors (Lipinski definition) is 4. The van der Waals surface area contributed by atoms with Crippen molar-refractivity contribution in [2.45, 2.75) is 0 Å². The van der Waals surface area contributed by atoms with Crippen molar-refractivity contribution < 1.29 is 9.90 Å². The van der Waals surface area contributed by atoms with E-state index in [-0.39, 0.29) is 11.3 Å². The Morgan fingerprint density at radius 1 is 1.22 bits per heavy atom. The predicted molar refractivity (Wildman–Crippen MR) is 90.5 cm³/mol. The quantitative estimate of drug-likeness (QED) is 0.572. The van der Waals surface area contributed by atoms with E-state index in [1.807, 2.05) is 0 Å². The molecule has 1 amide bonds. The molecular formula is C16H11Cl2N3O2. The number of benzene rings is 2. The van der Waals surface area contributed by atoms with Crippen LogP contribution in [0.2, 0.25) is 10.0 Å². The summed E-state index contributed by atoms with van der Waals surface area (Å²) in [6.45, 7) is 0. The largest absolute Gasteiger partial charge is 0.508 e. The molecule has 2 rings (SSSR count). The topological polar surface area (TPSA) is 85.2 Å². The molecule has 0 aliphatic carbocycles. The highest BCUT2D eigenvalue weighted by Crippen LogP contribution is 2.25. The van der Waals surface area contributed by atoms with Crippen LogP contribution >= 0.6 is 23.2 Å². The Labute approximate surface area is 142 Å². The second kappa shape index (κ2) is 7.54. The Kier molecular flexibility index (Phi) is 5.47. The van der Waals surface area contributed by atoms with Crippen LogP contribution < -0.4 is 10.6 Å². The summed E-state index contributed by atoms with van der Waals surface area (Å²) in [6.07, 6.45) is 1.24. The molecular weight excluding hydrogens is 337 g/mol. The van der Waals surface area contributed by atoms with Crippen LogP contribution in [-0.4, -0.2) is 11.0 Å². The zero-order valence-electron chi connectivity index (χ0n) is 11.7. The van der Waals surface area contributed by atoms with Gasteiger partial charge >= 0.3 is 0 Å². The first-order chi connectivity index (χ1) is 11.0. The van der Waals surface area contributed by atoms with Gasteiger partial charge in [0.2, 0.25) is 0 Å². The third-order valence-electron chi connectivity index (χ3n) is 2.77. The summed E-state index contributed by atoms with van der Waals surface area (Å²) in [5.41, 5.74) is 0.731. The average Bonchev–Trinajstić information content (AvgIpc) is 2.49. The molecule has 0 aromatic heterocycles. The van der Waals surface area contributed by atoms with Gasteiger partial charge in [0.1, 0.15) is 17.4 Å². The molecule has 0 saturated carbocycles. The van der Waals surface area contributed by atoms with Gasteiger partial charge in [-0.2, -0.15) is 5.26 Å². The zero-order valence-corrected chi connectivity index (χ0v) is 13.2. The van der Waals surface area contributed by atoms with Crippen molar-refractivity contribution in [2.24, 2.45) is 0 Å². The minimum absolute atomic E-state index is 0.0105. The highest BCUT2D eigenvalue weighted by molar-refractivity contribution is 6.36. The van der Waals surface area contributed by atoms with Gasteiger partial charge < -0.3 is 15.7 Å². The van der Waals surface area contributed by atoms with E-state index in [0.717, 1.165) is 0 Å². The van der Waals surface area contributed by atoms with Gasteiger partial charge in [-0.05, 0) is 30.3 Å². The molecule has 0 heterocycles. The average molecular weight is 348 g/mol. The Morgan fingerprint density at radius 2 is 2.00 bits per heavy atom. The highest BCUT2D eigenvalue weighted by Gasteiger charge is 2.10. The molecule has 2 aromatic carbocycles. The zero-order chi connectivity index (χ0) is 16.8. The molecule has 5 nitrogen and oxygen atoms in total. The Morgan fingerprint density at radius 3 is 2.65 bits per heavy atom. The van der Waals surface area contributed by atoms with Crippen molar-refractivity contribution >= 4 is 40.5 Å². The molecule has 0 radical (unpaired) electrons. The summed E-state index contributed by atoms with van der Waals surface area (Å²) >= 11 is 11.8. The maximum atomic E-state index is 12.0. The van der Waals surface area contributed by atoms with Crippen LogP contribution in [0.5, 0.6) is 5.75 Å². The van der Waals surface area contributed by atoms with Crippen LogP contribution in [0, 0.1) is 11.3 Å². The Bertz CT molecular complexity index is 813. The first-order valence-electron chi connectivity index (χ1n) is 6.42. The van der Waals surface area contributed by atoms with Crippen molar-refractivity contribution in [1.29, 1.82) is 5.26 Å². The summed E-state index contributed by atoms with van der Waals surface area (Å²) in [5.74, 6) is -0.605. The van der Waals surface area contributed by atoms with Crippen LogP contribution in [-0.2, 0) is 4.79 Å². The number of carbonyl (C=O) groups excluding carboxylic acids is 1. The third-order valence-corrected chi connectivity index (χ3v) is 3.32. The fourth-order valence-electron chi connectivity index (χ4n) is 1.69. The lowest BCUT2D eigenvalue weighted by Gasteiger charge is -2.07. The van der Waals surface area contributed by atoms with Crippen molar-refractivity contribution in [2.75, 3.05) is 10.6 Å². The molecule has 0 unspecified atom stereocenters. The van der Waals surface area contributed by atoms with E-state index >= 15 is 0 Å². The molecule has 0 saturated heterocycles. The van der Waals surface area contributed by atoms with Gasteiger partial charge in [-0.15, -0.1) is 0 Å². The summed E-state index contributed by atoms with van der Waals surface area (Å²) in [5, 5.41) is 24.6. The molecule has 23 heavy (non-hydrogen) atoms. The molecule has 0 spiro atoms. The number of nitrogens with zero attached hydrogens (tertiary/aromatic N) is 1. The fourth-order valence-corrected chi connectivity index (χ4v) is 2.15. The van der Waals surface area contributed by atoms with Gasteiger partial charge in [0.05, 0.1) is 10.7 Å². The summed E-state index contributed by atoms with van der Waals surface area (Å²) < 4.78 is 0.